The molecule has 1 aromatic rings. The minimum Gasteiger partial charge on any atom is -0.326 e. The summed E-state index contributed by atoms with van der Waals surface area (Å²) >= 11 is 0. The lowest BCUT2D eigenvalue weighted by Crippen LogP contribution is -2.40. The van der Waals surface area contributed by atoms with E-state index in [9.17, 15) is 0 Å². The van der Waals surface area contributed by atoms with Crippen LogP contribution >= 0.6 is 0 Å². The van der Waals surface area contributed by atoms with E-state index in [1.54, 1.807) is 0 Å². The molecule has 1 saturated carbocycles. The third-order valence-corrected chi connectivity index (χ3v) is 3.70. The summed E-state index contributed by atoms with van der Waals surface area (Å²) in [4.78, 5) is 0. The first-order valence-corrected chi connectivity index (χ1v) is 6.86. The number of nitrogens with one attached hydrogen (secondary N) is 1. The van der Waals surface area contributed by atoms with Gasteiger partial charge in [-0.15, -0.1) is 0 Å². The van der Waals surface area contributed by atoms with Crippen LogP contribution in [-0.4, -0.2) is 12.1 Å². The molecule has 0 aromatic heterocycles. The molecule has 0 radical (unpaired) electrons. The third-order valence-electron chi connectivity index (χ3n) is 3.70. The lowest BCUT2D eigenvalue weighted by Gasteiger charge is -2.17. The standard InChI is InChI=1S/C15H24N2/c1-2-4-12-7-9-13(10-8-12)11-17-15-6-3-5-14(15)16/h7-10,14-15,17H,2-6,11,16H2,1H3. The van der Waals surface area contributed by atoms with Crippen LogP contribution in [-0.2, 0) is 13.0 Å². The van der Waals surface area contributed by atoms with E-state index in [1.807, 2.05) is 0 Å². The second kappa shape index (κ2) is 6.18. The molecular formula is C15H24N2. The molecule has 0 saturated heterocycles. The molecule has 0 amide bonds. The highest BCUT2D eigenvalue weighted by Crippen LogP contribution is 2.17. The fourth-order valence-corrected chi connectivity index (χ4v) is 2.60. The van der Waals surface area contributed by atoms with Gasteiger partial charge in [0.05, 0.1) is 0 Å². The molecule has 2 nitrogen and oxygen atoms in total. The number of nitrogens with two attached hydrogens (primary N) is 1. The SMILES string of the molecule is CCCc1ccc(CNC2CCCC2N)cc1. The van der Waals surface area contributed by atoms with Gasteiger partial charge in [-0.05, 0) is 30.4 Å². The van der Waals surface area contributed by atoms with Crippen molar-refractivity contribution in [1.29, 1.82) is 0 Å². The van der Waals surface area contributed by atoms with E-state index in [1.165, 1.54) is 43.2 Å². The molecule has 2 unspecified atom stereocenters. The van der Waals surface area contributed by atoms with E-state index < -0.39 is 0 Å². The predicted molar refractivity (Wildman–Crippen MR) is 72.9 cm³/mol. The van der Waals surface area contributed by atoms with Crippen LogP contribution < -0.4 is 11.1 Å². The summed E-state index contributed by atoms with van der Waals surface area (Å²) in [6.07, 6.45) is 6.08. The summed E-state index contributed by atoms with van der Waals surface area (Å²) in [6, 6.07) is 9.83. The van der Waals surface area contributed by atoms with E-state index in [-0.39, 0.29) is 0 Å². The summed E-state index contributed by atoms with van der Waals surface area (Å²) in [7, 11) is 0. The molecule has 17 heavy (non-hydrogen) atoms. The first kappa shape index (κ1) is 12.6. The first-order valence-electron chi connectivity index (χ1n) is 6.86. The van der Waals surface area contributed by atoms with Gasteiger partial charge in [-0.3, -0.25) is 0 Å². The lowest BCUT2D eigenvalue weighted by molar-refractivity contribution is 0.475. The molecule has 0 spiro atoms. The molecule has 94 valence electrons. The largest absolute Gasteiger partial charge is 0.326 e. The van der Waals surface area contributed by atoms with Gasteiger partial charge in [0.15, 0.2) is 0 Å². The number of hydrogen-bond donors (Lipinski definition) is 2. The van der Waals surface area contributed by atoms with Crippen molar-refractivity contribution in [2.75, 3.05) is 0 Å². The quantitative estimate of drug-likeness (QED) is 0.819. The van der Waals surface area contributed by atoms with Crippen LogP contribution in [0.4, 0.5) is 0 Å². The zero-order valence-electron chi connectivity index (χ0n) is 10.8. The smallest absolute Gasteiger partial charge is 0.0222 e. The van der Waals surface area contributed by atoms with Crippen molar-refractivity contribution in [3.05, 3.63) is 35.4 Å². The maximum absolute atomic E-state index is 6.04. The van der Waals surface area contributed by atoms with Gasteiger partial charge in [-0.1, -0.05) is 44.0 Å². The molecule has 1 aliphatic rings. The molecule has 0 aliphatic heterocycles. The van der Waals surface area contributed by atoms with Crippen molar-refractivity contribution in [3.63, 3.8) is 0 Å². The Hall–Kier alpha value is -0.860. The van der Waals surface area contributed by atoms with Crippen molar-refractivity contribution in [2.24, 2.45) is 5.73 Å². The minimum atomic E-state index is 0.356. The molecule has 0 bridgehead atoms. The summed E-state index contributed by atoms with van der Waals surface area (Å²) in [5, 5.41) is 3.57. The topological polar surface area (TPSA) is 38.0 Å². The van der Waals surface area contributed by atoms with E-state index in [0.29, 0.717) is 12.1 Å². The number of hydrogen-bond acceptors (Lipinski definition) is 2. The van der Waals surface area contributed by atoms with E-state index in [4.69, 9.17) is 5.73 Å². The number of aryl methyl sites for hydroxylation is 1. The van der Waals surface area contributed by atoms with Gasteiger partial charge in [0, 0.05) is 18.6 Å². The summed E-state index contributed by atoms with van der Waals surface area (Å²) < 4.78 is 0. The van der Waals surface area contributed by atoms with Crippen LogP contribution in [0.2, 0.25) is 0 Å². The maximum Gasteiger partial charge on any atom is 0.0222 e. The van der Waals surface area contributed by atoms with Crippen molar-refractivity contribution in [2.45, 2.75) is 57.7 Å². The minimum absolute atomic E-state index is 0.356. The number of benzene rings is 1. The third kappa shape index (κ3) is 3.55. The Morgan fingerprint density at radius 3 is 2.47 bits per heavy atom. The van der Waals surface area contributed by atoms with Gasteiger partial charge in [0.1, 0.15) is 0 Å². The Morgan fingerprint density at radius 2 is 1.88 bits per heavy atom. The Balaban J connectivity index is 1.82. The van der Waals surface area contributed by atoms with E-state index in [2.05, 4.69) is 36.5 Å². The maximum atomic E-state index is 6.04. The molecule has 2 rings (SSSR count). The monoisotopic (exact) mass is 232 g/mol. The molecular weight excluding hydrogens is 208 g/mol. The molecule has 1 aromatic carbocycles. The Labute approximate surface area is 105 Å². The molecule has 1 fully saturated rings. The second-order valence-electron chi connectivity index (χ2n) is 5.15. The van der Waals surface area contributed by atoms with Crippen molar-refractivity contribution in [3.8, 4) is 0 Å². The van der Waals surface area contributed by atoms with Crippen LogP contribution in [0.3, 0.4) is 0 Å². The highest BCUT2D eigenvalue weighted by molar-refractivity contribution is 5.22. The highest BCUT2D eigenvalue weighted by Gasteiger charge is 2.22. The van der Waals surface area contributed by atoms with Crippen LogP contribution in [0.15, 0.2) is 24.3 Å². The Kier molecular flexibility index (Phi) is 4.57. The van der Waals surface area contributed by atoms with Gasteiger partial charge in [0.2, 0.25) is 0 Å². The van der Waals surface area contributed by atoms with Gasteiger partial charge in [0.25, 0.3) is 0 Å². The molecule has 3 N–H and O–H groups in total. The average molecular weight is 232 g/mol. The normalized spacial score (nSPS) is 24.1. The predicted octanol–water partition coefficient (Wildman–Crippen LogP) is 2.61. The van der Waals surface area contributed by atoms with E-state index >= 15 is 0 Å². The molecule has 0 heterocycles. The fourth-order valence-electron chi connectivity index (χ4n) is 2.60. The number of rotatable bonds is 5. The second-order valence-corrected chi connectivity index (χ2v) is 5.15. The van der Waals surface area contributed by atoms with Gasteiger partial charge >= 0.3 is 0 Å². The van der Waals surface area contributed by atoms with Crippen molar-refractivity contribution in [1.82, 2.24) is 5.32 Å². The summed E-state index contributed by atoms with van der Waals surface area (Å²) in [5.74, 6) is 0. The van der Waals surface area contributed by atoms with Gasteiger partial charge in [-0.2, -0.15) is 0 Å². The lowest BCUT2D eigenvalue weighted by atomic mass is 10.1. The zero-order valence-corrected chi connectivity index (χ0v) is 10.8. The van der Waals surface area contributed by atoms with Crippen LogP contribution in [0, 0.1) is 0 Å². The van der Waals surface area contributed by atoms with Crippen LogP contribution in [0.1, 0.15) is 43.7 Å². The summed E-state index contributed by atoms with van der Waals surface area (Å²) in [5.41, 5.74) is 8.85. The fraction of sp³-hybridized carbons (Fsp3) is 0.600. The average Bonchev–Trinajstić information content (AvgIpc) is 2.75. The summed E-state index contributed by atoms with van der Waals surface area (Å²) in [6.45, 7) is 3.17. The van der Waals surface area contributed by atoms with E-state index in [0.717, 1.165) is 6.54 Å². The first-order chi connectivity index (χ1) is 8.29. The van der Waals surface area contributed by atoms with Crippen molar-refractivity contribution >= 4 is 0 Å². The Morgan fingerprint density at radius 1 is 1.18 bits per heavy atom. The molecule has 2 atom stereocenters. The Bertz CT molecular complexity index is 331. The van der Waals surface area contributed by atoms with Crippen molar-refractivity contribution < 1.29 is 0 Å². The van der Waals surface area contributed by atoms with Crippen LogP contribution in [0.5, 0.6) is 0 Å². The molecule has 1 aliphatic carbocycles. The highest BCUT2D eigenvalue weighted by atomic mass is 15.0. The molecule has 2 heteroatoms. The van der Waals surface area contributed by atoms with Gasteiger partial charge in [-0.25, -0.2) is 0 Å². The van der Waals surface area contributed by atoms with Gasteiger partial charge < -0.3 is 11.1 Å². The zero-order chi connectivity index (χ0) is 12.1. The van der Waals surface area contributed by atoms with Crippen LogP contribution in [0.25, 0.3) is 0 Å².